The number of thiazole rings is 1. The van der Waals surface area contributed by atoms with Gasteiger partial charge in [0.2, 0.25) is 0 Å². The number of hydrogen-bond acceptors (Lipinski definition) is 4. The molecule has 25 heavy (non-hydrogen) atoms. The summed E-state index contributed by atoms with van der Waals surface area (Å²) in [6.45, 7) is 3.58. The zero-order valence-corrected chi connectivity index (χ0v) is 15.5. The summed E-state index contributed by atoms with van der Waals surface area (Å²) >= 11 is 2.92. The number of aryl methyl sites for hydroxylation is 1. The molecule has 0 fully saturated rings. The van der Waals surface area contributed by atoms with Gasteiger partial charge >= 0.3 is 0 Å². The van der Waals surface area contributed by atoms with E-state index in [4.69, 9.17) is 0 Å². The van der Waals surface area contributed by atoms with Crippen molar-refractivity contribution < 1.29 is 13.6 Å². The van der Waals surface area contributed by atoms with Gasteiger partial charge in [-0.15, -0.1) is 22.7 Å². The molecule has 1 unspecified atom stereocenters. The van der Waals surface area contributed by atoms with E-state index in [-0.39, 0.29) is 5.91 Å². The molecule has 0 aliphatic heterocycles. The molecular weight excluding hydrogens is 362 g/mol. The van der Waals surface area contributed by atoms with Crippen molar-refractivity contribution in [1.82, 2.24) is 9.88 Å². The third-order valence-electron chi connectivity index (χ3n) is 4.05. The first-order chi connectivity index (χ1) is 11.9. The van der Waals surface area contributed by atoms with E-state index in [2.05, 4.69) is 4.98 Å². The quantitative estimate of drug-likeness (QED) is 0.618. The van der Waals surface area contributed by atoms with E-state index in [1.54, 1.807) is 32.2 Å². The Morgan fingerprint density at radius 1 is 1.24 bits per heavy atom. The number of rotatable bonds is 4. The monoisotopic (exact) mass is 378 g/mol. The number of nitrogens with zero attached hydrogens (tertiary/aromatic N) is 2. The molecule has 1 aromatic carbocycles. The molecule has 3 rings (SSSR count). The third-order valence-corrected chi connectivity index (χ3v) is 6.23. The lowest BCUT2D eigenvalue weighted by Gasteiger charge is -2.25. The van der Waals surface area contributed by atoms with Crippen LogP contribution in [-0.4, -0.2) is 22.8 Å². The molecular formula is C18H16F2N2OS2. The Bertz CT molecular complexity index is 906. The van der Waals surface area contributed by atoms with Crippen molar-refractivity contribution >= 4 is 28.6 Å². The first-order valence-corrected chi connectivity index (χ1v) is 9.31. The minimum Gasteiger partial charge on any atom is -0.334 e. The molecule has 2 heterocycles. The van der Waals surface area contributed by atoms with Crippen LogP contribution >= 0.6 is 22.7 Å². The molecule has 3 nitrogen and oxygen atoms in total. The number of carbonyl (C=O) groups excluding carboxylic acids is 1. The van der Waals surface area contributed by atoms with Crippen LogP contribution in [0.2, 0.25) is 0 Å². The van der Waals surface area contributed by atoms with E-state index < -0.39 is 17.7 Å². The van der Waals surface area contributed by atoms with Crippen LogP contribution in [0.1, 0.15) is 33.9 Å². The first-order valence-electron chi connectivity index (χ1n) is 7.62. The molecule has 0 aliphatic rings. The van der Waals surface area contributed by atoms with Crippen LogP contribution in [-0.2, 0) is 0 Å². The maximum Gasteiger partial charge on any atom is 0.266 e. The fourth-order valence-corrected chi connectivity index (χ4v) is 4.28. The molecule has 0 N–H and O–H groups in total. The van der Waals surface area contributed by atoms with Gasteiger partial charge in [-0.2, -0.15) is 0 Å². The number of halogens is 2. The average molecular weight is 378 g/mol. The van der Waals surface area contributed by atoms with Crippen LogP contribution < -0.4 is 0 Å². The third kappa shape index (κ3) is 3.48. The van der Waals surface area contributed by atoms with Gasteiger partial charge in [0.15, 0.2) is 11.6 Å². The first kappa shape index (κ1) is 17.7. The highest BCUT2D eigenvalue weighted by molar-refractivity contribution is 7.22. The van der Waals surface area contributed by atoms with Crippen molar-refractivity contribution in [1.29, 1.82) is 0 Å². The predicted octanol–water partition coefficient (Wildman–Crippen LogP) is 5.29. The highest BCUT2D eigenvalue weighted by Gasteiger charge is 2.24. The molecule has 0 aliphatic carbocycles. The molecule has 7 heteroatoms. The van der Waals surface area contributed by atoms with Gasteiger partial charge in [0, 0.05) is 7.05 Å². The summed E-state index contributed by atoms with van der Waals surface area (Å²) < 4.78 is 26.6. The van der Waals surface area contributed by atoms with Crippen molar-refractivity contribution in [3.63, 3.8) is 0 Å². The van der Waals surface area contributed by atoms with Gasteiger partial charge in [-0.25, -0.2) is 13.8 Å². The molecule has 0 radical (unpaired) electrons. The van der Waals surface area contributed by atoms with Crippen molar-refractivity contribution in [2.75, 3.05) is 7.05 Å². The van der Waals surface area contributed by atoms with E-state index in [1.165, 1.54) is 22.3 Å². The second-order valence-electron chi connectivity index (χ2n) is 5.68. The Hall–Kier alpha value is -2.12. The summed E-state index contributed by atoms with van der Waals surface area (Å²) in [6.07, 6.45) is 0. The minimum absolute atomic E-state index is 0.185. The smallest absolute Gasteiger partial charge is 0.266 e. The Balaban J connectivity index is 1.86. The summed E-state index contributed by atoms with van der Waals surface area (Å²) in [4.78, 5) is 20.4. The van der Waals surface area contributed by atoms with Crippen LogP contribution in [0.5, 0.6) is 0 Å². The molecule has 0 spiro atoms. The van der Waals surface area contributed by atoms with Crippen LogP contribution in [0.25, 0.3) is 9.88 Å². The Kier molecular flexibility index (Phi) is 4.96. The maximum atomic E-state index is 13.5. The Morgan fingerprint density at radius 3 is 2.64 bits per heavy atom. The molecule has 0 saturated heterocycles. The number of hydrogen-bond donors (Lipinski definition) is 0. The lowest BCUT2D eigenvalue weighted by Crippen LogP contribution is -2.29. The van der Waals surface area contributed by atoms with Gasteiger partial charge < -0.3 is 4.90 Å². The fraction of sp³-hybridized carbons (Fsp3) is 0.222. The fourth-order valence-electron chi connectivity index (χ4n) is 2.43. The largest absolute Gasteiger partial charge is 0.334 e. The molecule has 3 aromatic rings. The van der Waals surface area contributed by atoms with Crippen molar-refractivity contribution in [2.24, 2.45) is 0 Å². The van der Waals surface area contributed by atoms with Gasteiger partial charge in [-0.3, -0.25) is 4.79 Å². The molecule has 1 amide bonds. The lowest BCUT2D eigenvalue weighted by atomic mass is 10.1. The van der Waals surface area contributed by atoms with E-state index in [0.29, 0.717) is 16.1 Å². The van der Waals surface area contributed by atoms with E-state index in [0.717, 1.165) is 22.0 Å². The van der Waals surface area contributed by atoms with Crippen LogP contribution in [0.15, 0.2) is 35.7 Å². The minimum atomic E-state index is -0.917. The summed E-state index contributed by atoms with van der Waals surface area (Å²) in [5.74, 6) is -2.00. The number of thiophene rings is 1. The zero-order chi connectivity index (χ0) is 18.1. The van der Waals surface area contributed by atoms with E-state index in [1.807, 2.05) is 17.5 Å². The summed E-state index contributed by atoms with van der Waals surface area (Å²) in [7, 11) is 1.65. The highest BCUT2D eigenvalue weighted by atomic mass is 32.1. The SMILES string of the molecule is Cc1nc(-c2cccs2)sc1C(=O)N(C)C(C)c1ccc(F)c(F)c1. The maximum absolute atomic E-state index is 13.5. The van der Waals surface area contributed by atoms with Gasteiger partial charge in [0.1, 0.15) is 9.88 Å². The Morgan fingerprint density at radius 2 is 2.00 bits per heavy atom. The van der Waals surface area contributed by atoms with Crippen LogP contribution in [0.3, 0.4) is 0 Å². The molecule has 130 valence electrons. The number of aromatic nitrogens is 1. The summed E-state index contributed by atoms with van der Waals surface area (Å²) in [5, 5.41) is 2.77. The predicted molar refractivity (Wildman–Crippen MR) is 97.0 cm³/mol. The number of carbonyl (C=O) groups is 1. The van der Waals surface area contributed by atoms with Crippen molar-refractivity contribution in [3.8, 4) is 9.88 Å². The standard InChI is InChI=1S/C18H16F2N2OS2/c1-10-16(25-17(21-10)15-5-4-8-24-15)18(23)22(3)11(2)12-6-7-13(19)14(20)9-12/h4-9,11H,1-3H3. The molecule has 0 bridgehead atoms. The molecule has 0 saturated carbocycles. The summed E-state index contributed by atoms with van der Waals surface area (Å²) in [6, 6.07) is 7.20. The highest BCUT2D eigenvalue weighted by Crippen LogP contribution is 2.32. The topological polar surface area (TPSA) is 33.2 Å². The van der Waals surface area contributed by atoms with Gasteiger partial charge in [-0.1, -0.05) is 12.1 Å². The number of amides is 1. The van der Waals surface area contributed by atoms with E-state index in [9.17, 15) is 13.6 Å². The van der Waals surface area contributed by atoms with Gasteiger partial charge in [-0.05, 0) is 43.0 Å². The van der Waals surface area contributed by atoms with Crippen LogP contribution in [0, 0.1) is 18.6 Å². The van der Waals surface area contributed by atoms with Gasteiger partial charge in [0.25, 0.3) is 5.91 Å². The Labute approximate surface area is 152 Å². The molecule has 1 atom stereocenters. The lowest BCUT2D eigenvalue weighted by molar-refractivity contribution is 0.0746. The molecule has 2 aromatic heterocycles. The second kappa shape index (κ2) is 7.01. The zero-order valence-electron chi connectivity index (χ0n) is 13.9. The average Bonchev–Trinajstić information content (AvgIpc) is 3.24. The van der Waals surface area contributed by atoms with Crippen molar-refractivity contribution in [3.05, 3.63) is 63.5 Å². The second-order valence-corrected chi connectivity index (χ2v) is 7.62. The number of benzene rings is 1. The van der Waals surface area contributed by atoms with Crippen molar-refractivity contribution in [2.45, 2.75) is 19.9 Å². The van der Waals surface area contributed by atoms with Crippen LogP contribution in [0.4, 0.5) is 8.78 Å². The normalized spacial score (nSPS) is 12.2. The summed E-state index contributed by atoms with van der Waals surface area (Å²) in [5.41, 5.74) is 1.21. The van der Waals surface area contributed by atoms with E-state index >= 15 is 0 Å². The van der Waals surface area contributed by atoms with Gasteiger partial charge in [0.05, 0.1) is 16.6 Å².